The number of benzene rings is 3. The first-order chi connectivity index (χ1) is 18.8. The van der Waals surface area contributed by atoms with Crippen molar-refractivity contribution >= 4 is 33.5 Å². The van der Waals surface area contributed by atoms with Crippen LogP contribution in [0.1, 0.15) is 55.3 Å². The summed E-state index contributed by atoms with van der Waals surface area (Å²) in [4.78, 5) is 26.4. The van der Waals surface area contributed by atoms with Crippen molar-refractivity contribution in [3.63, 3.8) is 0 Å². The largest absolute Gasteiger partial charge is 0.462 e. The molecule has 1 atom stereocenters. The van der Waals surface area contributed by atoms with Gasteiger partial charge in [-0.05, 0) is 87.7 Å². The number of carbonyl (C=O) groups is 2. The maximum absolute atomic E-state index is 13.2. The average molecular weight is 588 g/mol. The lowest BCUT2D eigenvalue weighted by atomic mass is 10.1. The number of amides is 1. The molecule has 0 aromatic heterocycles. The van der Waals surface area contributed by atoms with E-state index in [9.17, 15) is 23.1 Å². The van der Waals surface area contributed by atoms with Crippen LogP contribution in [0.4, 0.5) is 4.79 Å². The molecule has 1 amide bonds. The van der Waals surface area contributed by atoms with E-state index >= 15 is 0 Å². The van der Waals surface area contributed by atoms with Crippen molar-refractivity contribution in [2.24, 2.45) is 0 Å². The van der Waals surface area contributed by atoms with Crippen molar-refractivity contribution < 1.29 is 32.6 Å². The van der Waals surface area contributed by atoms with E-state index in [1.165, 1.54) is 41.3 Å². The zero-order valence-corrected chi connectivity index (χ0v) is 24.5. The number of hydrogen-bond donors (Lipinski definition) is 1. The summed E-state index contributed by atoms with van der Waals surface area (Å²) in [5.41, 5.74) is 0.783. The molecule has 0 aliphatic rings. The van der Waals surface area contributed by atoms with E-state index in [2.05, 4.69) is 0 Å². The number of halogens is 1. The first-order valence-electron chi connectivity index (χ1n) is 12.8. The third-order valence-corrected chi connectivity index (χ3v) is 7.84. The fraction of sp³-hybridized carbons (Fsp3) is 0.333. The molecule has 0 saturated carbocycles. The minimum absolute atomic E-state index is 0.0154. The molecule has 0 bridgehead atoms. The van der Waals surface area contributed by atoms with Crippen LogP contribution >= 0.6 is 11.6 Å². The lowest BCUT2D eigenvalue weighted by molar-refractivity contribution is 0.0147. The highest BCUT2D eigenvalue weighted by Crippen LogP contribution is 2.24. The molecule has 0 fully saturated rings. The number of esters is 1. The highest BCUT2D eigenvalue weighted by atomic mass is 35.5. The molecule has 40 heavy (non-hydrogen) atoms. The maximum atomic E-state index is 13.2. The van der Waals surface area contributed by atoms with E-state index in [1.807, 2.05) is 0 Å². The van der Waals surface area contributed by atoms with Crippen molar-refractivity contribution in [1.29, 1.82) is 0 Å². The van der Waals surface area contributed by atoms with Crippen molar-refractivity contribution in [1.82, 2.24) is 4.90 Å². The molecule has 214 valence electrons. The van der Waals surface area contributed by atoms with Crippen LogP contribution in [0.3, 0.4) is 0 Å². The molecule has 1 unspecified atom stereocenters. The zero-order valence-electron chi connectivity index (χ0n) is 23.0. The summed E-state index contributed by atoms with van der Waals surface area (Å²) in [7, 11) is -3.88. The van der Waals surface area contributed by atoms with Gasteiger partial charge in [0.15, 0.2) is 0 Å². The standard InChI is InChI=1S/C30H34ClNO7S/c1-5-38-28(34)23-9-7-11-26(19-23)40(36,37)25-14-12-21(13-15-25)16-17-32(29(35)39-30(2,3)4)20-27(33)22-8-6-10-24(31)18-22/h6-15,18-19,27,33H,5,16-17,20H2,1-4H3. The van der Waals surface area contributed by atoms with Gasteiger partial charge in [-0.3, -0.25) is 0 Å². The van der Waals surface area contributed by atoms with Crippen LogP contribution in [-0.2, 0) is 25.7 Å². The quantitative estimate of drug-likeness (QED) is 0.296. The summed E-state index contributed by atoms with van der Waals surface area (Å²) in [6, 6.07) is 18.8. The Hall–Kier alpha value is -3.40. The van der Waals surface area contributed by atoms with Crippen LogP contribution in [0, 0.1) is 0 Å². The van der Waals surface area contributed by atoms with Gasteiger partial charge in [0, 0.05) is 11.6 Å². The summed E-state index contributed by atoms with van der Waals surface area (Å²) in [6.07, 6.45) is -1.17. The van der Waals surface area contributed by atoms with E-state index in [-0.39, 0.29) is 35.1 Å². The second-order valence-electron chi connectivity index (χ2n) is 10.1. The van der Waals surface area contributed by atoms with Gasteiger partial charge in [0.1, 0.15) is 5.60 Å². The Morgan fingerprint density at radius 3 is 2.27 bits per heavy atom. The van der Waals surface area contributed by atoms with Gasteiger partial charge in [0.05, 0.1) is 34.6 Å². The Morgan fingerprint density at radius 2 is 1.65 bits per heavy atom. The molecular weight excluding hydrogens is 554 g/mol. The van der Waals surface area contributed by atoms with E-state index < -0.39 is 33.6 Å². The summed E-state index contributed by atoms with van der Waals surface area (Å²) in [5, 5.41) is 11.2. The third-order valence-electron chi connectivity index (χ3n) is 5.84. The Morgan fingerprint density at radius 1 is 0.975 bits per heavy atom. The Balaban J connectivity index is 1.75. The Kier molecular flexibility index (Phi) is 10.4. The highest BCUT2D eigenvalue weighted by molar-refractivity contribution is 7.91. The topological polar surface area (TPSA) is 110 Å². The van der Waals surface area contributed by atoms with Gasteiger partial charge in [-0.25, -0.2) is 18.0 Å². The molecule has 0 heterocycles. The molecule has 3 rings (SSSR count). The molecule has 3 aromatic rings. The van der Waals surface area contributed by atoms with Crippen molar-refractivity contribution in [3.8, 4) is 0 Å². The normalized spacial score (nSPS) is 12.4. The van der Waals surface area contributed by atoms with Crippen molar-refractivity contribution in [2.45, 2.75) is 55.6 Å². The fourth-order valence-corrected chi connectivity index (χ4v) is 5.36. The molecule has 8 nitrogen and oxygen atoms in total. The van der Waals surface area contributed by atoms with Gasteiger partial charge in [-0.1, -0.05) is 41.9 Å². The third kappa shape index (κ3) is 8.55. The van der Waals surface area contributed by atoms with Gasteiger partial charge >= 0.3 is 12.1 Å². The van der Waals surface area contributed by atoms with E-state index in [0.29, 0.717) is 17.0 Å². The Bertz CT molecular complexity index is 1430. The molecule has 0 aliphatic heterocycles. The lowest BCUT2D eigenvalue weighted by Crippen LogP contribution is -2.40. The maximum Gasteiger partial charge on any atom is 0.410 e. The van der Waals surface area contributed by atoms with Gasteiger partial charge < -0.3 is 19.5 Å². The number of rotatable bonds is 10. The number of carbonyl (C=O) groups excluding carboxylic acids is 2. The average Bonchev–Trinajstić information content (AvgIpc) is 2.90. The summed E-state index contributed by atoms with van der Waals surface area (Å²) in [5.74, 6) is -0.593. The van der Waals surface area contributed by atoms with Crippen LogP contribution in [0.25, 0.3) is 0 Å². The molecule has 1 N–H and O–H groups in total. The minimum Gasteiger partial charge on any atom is -0.462 e. The first-order valence-corrected chi connectivity index (χ1v) is 14.7. The molecule has 0 spiro atoms. The molecule has 0 radical (unpaired) electrons. The van der Waals surface area contributed by atoms with E-state index in [1.54, 1.807) is 64.1 Å². The number of sulfone groups is 1. The molecular formula is C30H34ClNO7S. The summed E-state index contributed by atoms with van der Waals surface area (Å²) in [6.45, 7) is 7.35. The Labute approximate surface area is 240 Å². The molecule has 10 heteroatoms. The van der Waals surface area contributed by atoms with Gasteiger partial charge in [-0.15, -0.1) is 0 Å². The van der Waals surface area contributed by atoms with Gasteiger partial charge in [0.2, 0.25) is 9.84 Å². The van der Waals surface area contributed by atoms with Crippen molar-refractivity contribution in [3.05, 3.63) is 94.5 Å². The van der Waals surface area contributed by atoms with Gasteiger partial charge in [0.25, 0.3) is 0 Å². The minimum atomic E-state index is -3.88. The van der Waals surface area contributed by atoms with Crippen LogP contribution in [0.5, 0.6) is 0 Å². The number of hydrogen-bond acceptors (Lipinski definition) is 7. The predicted octanol–water partition coefficient (Wildman–Crippen LogP) is 5.86. The first kappa shape index (κ1) is 31.1. The lowest BCUT2D eigenvalue weighted by Gasteiger charge is -2.29. The molecule has 0 aliphatic carbocycles. The van der Waals surface area contributed by atoms with Crippen LogP contribution in [0.15, 0.2) is 82.6 Å². The SMILES string of the molecule is CCOC(=O)c1cccc(S(=O)(=O)c2ccc(CCN(CC(O)c3cccc(Cl)c3)C(=O)OC(C)(C)C)cc2)c1. The summed E-state index contributed by atoms with van der Waals surface area (Å²) >= 11 is 6.05. The number of aliphatic hydroxyl groups excluding tert-OH is 1. The highest BCUT2D eigenvalue weighted by Gasteiger charge is 2.25. The van der Waals surface area contributed by atoms with Crippen LogP contribution in [0.2, 0.25) is 5.02 Å². The zero-order chi connectivity index (χ0) is 29.5. The van der Waals surface area contributed by atoms with Gasteiger partial charge in [-0.2, -0.15) is 0 Å². The van der Waals surface area contributed by atoms with Crippen molar-refractivity contribution in [2.75, 3.05) is 19.7 Å². The number of nitrogens with zero attached hydrogens (tertiary/aromatic N) is 1. The number of ether oxygens (including phenoxy) is 2. The summed E-state index contributed by atoms with van der Waals surface area (Å²) < 4.78 is 36.9. The van der Waals surface area contributed by atoms with E-state index in [0.717, 1.165) is 5.56 Å². The second-order valence-corrected chi connectivity index (χ2v) is 12.5. The fourth-order valence-electron chi connectivity index (χ4n) is 3.85. The van der Waals surface area contributed by atoms with Crippen LogP contribution in [-0.4, -0.2) is 55.8 Å². The molecule has 0 saturated heterocycles. The smallest absolute Gasteiger partial charge is 0.410 e. The monoisotopic (exact) mass is 587 g/mol. The molecule has 3 aromatic carbocycles. The number of aliphatic hydroxyl groups is 1. The predicted molar refractivity (Wildman–Crippen MR) is 152 cm³/mol. The van der Waals surface area contributed by atoms with Crippen LogP contribution < -0.4 is 0 Å². The second kappa shape index (κ2) is 13.3. The van der Waals surface area contributed by atoms with E-state index in [4.69, 9.17) is 21.1 Å².